The molecule has 80 valence electrons. The first-order chi connectivity index (χ1) is 5.91. The normalized spacial score (nSPS) is 13.2. The van der Waals surface area contributed by atoms with Crippen LogP contribution >= 0.6 is 35.0 Å². The number of alkyl halides is 3. The Morgan fingerprint density at radius 2 is 1.86 bits per heavy atom. The average Bonchev–Trinajstić information content (AvgIpc) is 2.01. The van der Waals surface area contributed by atoms with Crippen molar-refractivity contribution in [3.05, 3.63) is 33.4 Å². The van der Waals surface area contributed by atoms with Crippen LogP contribution in [0.4, 0.5) is 13.2 Å². The molecule has 1 rings (SSSR count). The van der Waals surface area contributed by atoms with Gasteiger partial charge in [0.2, 0.25) is 0 Å². The maximum absolute atomic E-state index is 12.1. The molecule has 0 aliphatic carbocycles. The molecule has 1 aromatic rings. The molecular weight excluding hydrogens is 329 g/mol. The summed E-state index contributed by atoms with van der Waals surface area (Å²) in [6.07, 6.45) is -4.37. The Labute approximate surface area is 99.4 Å². The smallest absolute Gasteiger partial charge is 0.316 e. The third-order valence-corrected chi connectivity index (χ3v) is 2.23. The highest BCUT2D eigenvalue weighted by Gasteiger charge is 2.37. The first-order valence-corrected chi connectivity index (χ1v) is 4.57. The summed E-state index contributed by atoms with van der Waals surface area (Å²) in [6, 6.07) is 4.19. The van der Waals surface area contributed by atoms with Gasteiger partial charge in [0, 0.05) is 3.57 Å². The monoisotopic (exact) mass is 337 g/mol. The van der Waals surface area contributed by atoms with Crippen LogP contribution in [-0.4, -0.2) is 6.18 Å². The molecule has 0 heterocycles. The summed E-state index contributed by atoms with van der Waals surface area (Å²) in [5.74, 6) is 0. The van der Waals surface area contributed by atoms with Crippen LogP contribution in [-0.2, 0) is 0 Å². The highest BCUT2D eigenvalue weighted by atomic mass is 127. The van der Waals surface area contributed by atoms with Crippen molar-refractivity contribution >= 4 is 35.0 Å². The van der Waals surface area contributed by atoms with Gasteiger partial charge in [-0.05, 0) is 40.3 Å². The molecule has 0 saturated heterocycles. The van der Waals surface area contributed by atoms with Gasteiger partial charge in [0.15, 0.2) is 0 Å². The van der Waals surface area contributed by atoms with Crippen LogP contribution in [0.25, 0.3) is 0 Å². The predicted octanol–water partition coefficient (Wildman–Crippen LogP) is 3.28. The summed E-state index contributed by atoms with van der Waals surface area (Å²) in [5, 5.41) is 0. The van der Waals surface area contributed by atoms with Crippen LogP contribution in [0.15, 0.2) is 24.3 Å². The fourth-order valence-electron chi connectivity index (χ4n) is 0.889. The second-order valence-electron chi connectivity index (χ2n) is 2.57. The molecule has 6 heteroatoms. The van der Waals surface area contributed by atoms with Gasteiger partial charge < -0.3 is 5.73 Å². The van der Waals surface area contributed by atoms with E-state index in [1.165, 1.54) is 12.1 Å². The van der Waals surface area contributed by atoms with Crippen LogP contribution in [0.3, 0.4) is 0 Å². The van der Waals surface area contributed by atoms with Crippen LogP contribution < -0.4 is 5.73 Å². The fourth-order valence-corrected chi connectivity index (χ4v) is 1.46. The standard InChI is InChI=1S/C8H7F3IN.ClH/c9-8(10,11)7(13)5-2-1-3-6(12)4-5;/h1-4,7H,13H2;1H/t7-;/m1./s1. The van der Waals surface area contributed by atoms with Crippen molar-refractivity contribution in [2.45, 2.75) is 12.2 Å². The highest BCUT2D eigenvalue weighted by Crippen LogP contribution is 2.30. The van der Waals surface area contributed by atoms with Crippen LogP contribution in [0.1, 0.15) is 11.6 Å². The van der Waals surface area contributed by atoms with Gasteiger partial charge in [0.25, 0.3) is 0 Å². The third-order valence-electron chi connectivity index (χ3n) is 1.56. The molecule has 0 fully saturated rings. The molecule has 0 aliphatic rings. The number of hydrogen-bond donors (Lipinski definition) is 1. The minimum atomic E-state index is -4.37. The molecule has 0 amide bonds. The second kappa shape index (κ2) is 5.18. The van der Waals surface area contributed by atoms with Crippen LogP contribution in [0.5, 0.6) is 0 Å². The zero-order chi connectivity index (χ0) is 10.1. The van der Waals surface area contributed by atoms with Crippen LogP contribution in [0.2, 0.25) is 0 Å². The SMILES string of the molecule is Cl.N[C@H](c1cccc(I)c1)C(F)(F)F. The molecule has 0 bridgehead atoms. The first kappa shape index (κ1) is 14.0. The van der Waals surface area contributed by atoms with Gasteiger partial charge in [-0.25, -0.2) is 0 Å². The van der Waals surface area contributed by atoms with E-state index in [0.717, 1.165) is 3.57 Å². The van der Waals surface area contributed by atoms with E-state index in [0.29, 0.717) is 0 Å². The summed E-state index contributed by atoms with van der Waals surface area (Å²) < 4.78 is 37.2. The Bertz CT molecular complexity index is 303. The second-order valence-corrected chi connectivity index (χ2v) is 3.82. The van der Waals surface area contributed by atoms with Crippen molar-refractivity contribution in [2.24, 2.45) is 5.73 Å². The summed E-state index contributed by atoms with van der Waals surface area (Å²) >= 11 is 1.94. The number of benzene rings is 1. The van der Waals surface area contributed by atoms with E-state index < -0.39 is 12.2 Å². The van der Waals surface area contributed by atoms with Crippen LogP contribution in [0, 0.1) is 3.57 Å². The summed E-state index contributed by atoms with van der Waals surface area (Å²) in [6.45, 7) is 0. The van der Waals surface area contributed by atoms with E-state index in [-0.39, 0.29) is 18.0 Å². The maximum atomic E-state index is 12.1. The van der Waals surface area contributed by atoms with Gasteiger partial charge in [-0.15, -0.1) is 12.4 Å². The van der Waals surface area contributed by atoms with E-state index in [9.17, 15) is 13.2 Å². The van der Waals surface area contributed by atoms with E-state index in [4.69, 9.17) is 5.73 Å². The van der Waals surface area contributed by atoms with E-state index in [1.54, 1.807) is 12.1 Å². The zero-order valence-electron chi connectivity index (χ0n) is 6.88. The molecular formula is C8H8ClF3IN. The number of hydrogen-bond acceptors (Lipinski definition) is 1. The Morgan fingerprint density at radius 1 is 1.29 bits per heavy atom. The lowest BCUT2D eigenvalue weighted by Crippen LogP contribution is -2.28. The van der Waals surface area contributed by atoms with Gasteiger partial charge in [0.05, 0.1) is 0 Å². The largest absolute Gasteiger partial charge is 0.407 e. The molecule has 0 aromatic heterocycles. The predicted molar refractivity (Wildman–Crippen MR) is 59.4 cm³/mol. The van der Waals surface area contributed by atoms with E-state index in [1.807, 2.05) is 22.6 Å². The van der Waals surface area contributed by atoms with Crippen molar-refractivity contribution in [1.82, 2.24) is 0 Å². The Kier molecular flexibility index (Phi) is 5.17. The molecule has 0 aliphatic heterocycles. The topological polar surface area (TPSA) is 26.0 Å². The highest BCUT2D eigenvalue weighted by molar-refractivity contribution is 14.1. The maximum Gasteiger partial charge on any atom is 0.407 e. The Balaban J connectivity index is 0.00000169. The van der Waals surface area contributed by atoms with Gasteiger partial charge >= 0.3 is 6.18 Å². The molecule has 2 N–H and O–H groups in total. The van der Waals surface area contributed by atoms with Crippen molar-refractivity contribution in [3.8, 4) is 0 Å². The lowest BCUT2D eigenvalue weighted by atomic mass is 10.1. The molecule has 0 saturated carbocycles. The molecule has 1 atom stereocenters. The van der Waals surface area contributed by atoms with Crippen molar-refractivity contribution in [1.29, 1.82) is 0 Å². The number of halogens is 5. The molecule has 0 unspecified atom stereocenters. The van der Waals surface area contributed by atoms with E-state index >= 15 is 0 Å². The minimum Gasteiger partial charge on any atom is -0.316 e. The molecule has 14 heavy (non-hydrogen) atoms. The van der Waals surface area contributed by atoms with Crippen molar-refractivity contribution in [3.63, 3.8) is 0 Å². The lowest BCUT2D eigenvalue weighted by Gasteiger charge is -2.15. The molecule has 1 nitrogen and oxygen atoms in total. The number of rotatable bonds is 1. The van der Waals surface area contributed by atoms with Crippen molar-refractivity contribution < 1.29 is 13.2 Å². The Hall–Kier alpha value is -0.0100. The fraction of sp³-hybridized carbons (Fsp3) is 0.250. The average molecular weight is 338 g/mol. The summed E-state index contributed by atoms with van der Waals surface area (Å²) in [4.78, 5) is 0. The molecule has 1 aromatic carbocycles. The van der Waals surface area contributed by atoms with E-state index in [2.05, 4.69) is 0 Å². The zero-order valence-corrected chi connectivity index (χ0v) is 9.86. The van der Waals surface area contributed by atoms with Gasteiger partial charge in [-0.1, -0.05) is 12.1 Å². The van der Waals surface area contributed by atoms with Crippen molar-refractivity contribution in [2.75, 3.05) is 0 Å². The summed E-state index contributed by atoms with van der Waals surface area (Å²) in [7, 11) is 0. The third kappa shape index (κ3) is 3.62. The van der Waals surface area contributed by atoms with Gasteiger partial charge in [-0.3, -0.25) is 0 Å². The van der Waals surface area contributed by atoms with Gasteiger partial charge in [-0.2, -0.15) is 13.2 Å². The minimum absolute atomic E-state index is 0. The first-order valence-electron chi connectivity index (χ1n) is 3.49. The lowest BCUT2D eigenvalue weighted by molar-refractivity contribution is -0.149. The molecule has 0 spiro atoms. The quantitative estimate of drug-likeness (QED) is 0.782. The summed E-state index contributed by atoms with van der Waals surface area (Å²) in [5.41, 5.74) is 5.11. The Morgan fingerprint density at radius 3 is 2.29 bits per heavy atom. The molecule has 0 radical (unpaired) electrons. The number of nitrogens with two attached hydrogens (primary N) is 1. The van der Waals surface area contributed by atoms with Gasteiger partial charge in [0.1, 0.15) is 6.04 Å².